The fraction of sp³-hybridized carbons (Fsp3) is 0.308. The van der Waals surface area contributed by atoms with Gasteiger partial charge in [-0.3, -0.25) is 14.5 Å². The Bertz CT molecular complexity index is 486. The van der Waals surface area contributed by atoms with Gasteiger partial charge in [-0.2, -0.15) is 5.10 Å². The lowest BCUT2D eigenvalue weighted by Gasteiger charge is -2.38. The van der Waals surface area contributed by atoms with Crippen molar-refractivity contribution < 1.29 is 9.59 Å². The first-order valence-corrected chi connectivity index (χ1v) is 5.68. The van der Waals surface area contributed by atoms with Gasteiger partial charge in [-0.1, -0.05) is 30.3 Å². The molecular weight excluding hydrogens is 230 g/mol. The van der Waals surface area contributed by atoms with E-state index in [0.717, 1.165) is 5.56 Å². The van der Waals surface area contributed by atoms with E-state index in [0.29, 0.717) is 0 Å². The Labute approximate surface area is 106 Å². The highest BCUT2D eigenvalue weighted by atomic mass is 16.2. The van der Waals surface area contributed by atoms with Crippen LogP contribution in [0.15, 0.2) is 35.4 Å². The van der Waals surface area contributed by atoms with E-state index in [9.17, 15) is 9.59 Å². The number of hydrazone groups is 1. The molecule has 5 heteroatoms. The van der Waals surface area contributed by atoms with Crippen molar-refractivity contribution in [3.63, 3.8) is 0 Å². The molecular formula is C13H15N3O2. The standard InChI is InChI=1S/C13H15N3O2/c1-10(17)15-9-14-16(11(2)18)13(15,3)12-7-5-4-6-8-12/h4-9H,1-3H3. The number of carbonyl (C=O) groups is 2. The molecule has 1 aliphatic heterocycles. The molecule has 1 aliphatic rings. The Morgan fingerprint density at radius 1 is 1.11 bits per heavy atom. The molecule has 0 spiro atoms. The Kier molecular flexibility index (Phi) is 2.90. The highest BCUT2D eigenvalue weighted by Gasteiger charge is 2.46. The lowest BCUT2D eigenvalue weighted by molar-refractivity contribution is -0.144. The van der Waals surface area contributed by atoms with Crippen LogP contribution in [0.1, 0.15) is 26.3 Å². The fourth-order valence-electron chi connectivity index (χ4n) is 2.22. The van der Waals surface area contributed by atoms with E-state index < -0.39 is 5.66 Å². The van der Waals surface area contributed by atoms with Crippen molar-refractivity contribution in [2.75, 3.05) is 0 Å². The molecule has 0 aromatic heterocycles. The smallest absolute Gasteiger partial charge is 0.242 e. The third kappa shape index (κ3) is 1.68. The number of rotatable bonds is 1. The highest BCUT2D eigenvalue weighted by molar-refractivity contribution is 5.90. The van der Waals surface area contributed by atoms with Gasteiger partial charge >= 0.3 is 0 Å². The maximum absolute atomic E-state index is 11.7. The van der Waals surface area contributed by atoms with E-state index in [1.54, 1.807) is 6.92 Å². The van der Waals surface area contributed by atoms with Crippen LogP contribution in [-0.4, -0.2) is 28.1 Å². The Balaban J connectivity index is 2.54. The Hall–Kier alpha value is -2.17. The van der Waals surface area contributed by atoms with Crippen molar-refractivity contribution in [2.45, 2.75) is 26.4 Å². The summed E-state index contributed by atoms with van der Waals surface area (Å²) in [7, 11) is 0. The quantitative estimate of drug-likeness (QED) is 0.753. The molecule has 0 saturated carbocycles. The summed E-state index contributed by atoms with van der Waals surface area (Å²) in [5.74, 6) is -0.366. The second-order valence-corrected chi connectivity index (χ2v) is 4.34. The predicted molar refractivity (Wildman–Crippen MR) is 67.3 cm³/mol. The summed E-state index contributed by atoms with van der Waals surface area (Å²) in [6.07, 6.45) is 1.40. The molecule has 1 atom stereocenters. The van der Waals surface area contributed by atoms with Gasteiger partial charge in [0.1, 0.15) is 6.34 Å². The number of hydrogen-bond acceptors (Lipinski definition) is 3. The number of nitrogens with zero attached hydrogens (tertiary/aromatic N) is 3. The van der Waals surface area contributed by atoms with Crippen LogP contribution in [0.25, 0.3) is 0 Å². The van der Waals surface area contributed by atoms with E-state index in [4.69, 9.17) is 0 Å². The molecule has 94 valence electrons. The van der Waals surface area contributed by atoms with Gasteiger partial charge in [0.25, 0.3) is 0 Å². The minimum absolute atomic E-state index is 0.158. The van der Waals surface area contributed by atoms with E-state index in [2.05, 4.69) is 5.10 Å². The van der Waals surface area contributed by atoms with Crippen molar-refractivity contribution in [2.24, 2.45) is 5.10 Å². The lowest BCUT2D eigenvalue weighted by atomic mass is 9.99. The SMILES string of the molecule is CC(=O)N1C=NN(C(C)=O)C1(C)c1ccccc1. The molecule has 0 N–H and O–H groups in total. The average Bonchev–Trinajstić information content (AvgIpc) is 2.69. The van der Waals surface area contributed by atoms with E-state index in [1.807, 2.05) is 30.3 Å². The van der Waals surface area contributed by atoms with Gasteiger partial charge in [0.15, 0.2) is 5.66 Å². The molecule has 1 aromatic rings. The molecule has 18 heavy (non-hydrogen) atoms. The molecule has 1 aromatic carbocycles. The topological polar surface area (TPSA) is 53.0 Å². The van der Waals surface area contributed by atoms with Crippen LogP contribution < -0.4 is 0 Å². The van der Waals surface area contributed by atoms with Crippen LogP contribution in [0.5, 0.6) is 0 Å². The van der Waals surface area contributed by atoms with E-state index >= 15 is 0 Å². The fourth-order valence-corrected chi connectivity index (χ4v) is 2.22. The summed E-state index contributed by atoms with van der Waals surface area (Å²) >= 11 is 0. The molecule has 5 nitrogen and oxygen atoms in total. The molecule has 0 radical (unpaired) electrons. The molecule has 0 bridgehead atoms. The van der Waals surface area contributed by atoms with Crippen LogP contribution in [0.3, 0.4) is 0 Å². The maximum Gasteiger partial charge on any atom is 0.242 e. The maximum atomic E-state index is 11.7. The van der Waals surface area contributed by atoms with E-state index in [-0.39, 0.29) is 11.8 Å². The Morgan fingerprint density at radius 3 is 2.22 bits per heavy atom. The van der Waals surface area contributed by atoms with Gasteiger partial charge in [-0.25, -0.2) is 5.01 Å². The van der Waals surface area contributed by atoms with Gasteiger partial charge in [-0.05, 0) is 6.92 Å². The molecule has 0 fully saturated rings. The van der Waals surface area contributed by atoms with Crippen LogP contribution in [0.4, 0.5) is 0 Å². The van der Waals surface area contributed by atoms with Gasteiger partial charge < -0.3 is 0 Å². The number of carbonyl (C=O) groups excluding carboxylic acids is 2. The van der Waals surface area contributed by atoms with Gasteiger partial charge in [0.2, 0.25) is 11.8 Å². The van der Waals surface area contributed by atoms with Crippen LogP contribution in [0.2, 0.25) is 0 Å². The van der Waals surface area contributed by atoms with Crippen molar-refractivity contribution >= 4 is 18.2 Å². The first-order valence-electron chi connectivity index (χ1n) is 5.68. The first kappa shape index (κ1) is 12.3. The third-order valence-electron chi connectivity index (χ3n) is 3.12. The zero-order valence-corrected chi connectivity index (χ0v) is 10.6. The number of hydrogen-bond donors (Lipinski definition) is 0. The summed E-state index contributed by atoms with van der Waals surface area (Å²) in [6, 6.07) is 9.38. The van der Waals surface area contributed by atoms with Crippen molar-refractivity contribution in [3.05, 3.63) is 35.9 Å². The van der Waals surface area contributed by atoms with Gasteiger partial charge in [0.05, 0.1) is 0 Å². The van der Waals surface area contributed by atoms with Gasteiger partial charge in [0, 0.05) is 19.4 Å². The molecule has 2 amide bonds. The zero-order valence-electron chi connectivity index (χ0n) is 10.6. The summed E-state index contributed by atoms with van der Waals surface area (Å²) < 4.78 is 0. The average molecular weight is 245 g/mol. The summed E-state index contributed by atoms with van der Waals surface area (Å²) in [4.78, 5) is 24.8. The summed E-state index contributed by atoms with van der Waals surface area (Å²) in [5.41, 5.74) is -0.0493. The molecule has 2 rings (SSSR count). The van der Waals surface area contributed by atoms with Crippen LogP contribution >= 0.6 is 0 Å². The number of amides is 2. The predicted octanol–water partition coefficient (Wildman–Crippen LogP) is 1.51. The lowest BCUT2D eigenvalue weighted by Crippen LogP contribution is -2.52. The van der Waals surface area contributed by atoms with Crippen LogP contribution in [-0.2, 0) is 15.3 Å². The van der Waals surface area contributed by atoms with Crippen molar-refractivity contribution in [3.8, 4) is 0 Å². The molecule has 0 aliphatic carbocycles. The molecule has 1 heterocycles. The van der Waals surface area contributed by atoms with E-state index in [1.165, 1.54) is 30.1 Å². The Morgan fingerprint density at radius 2 is 1.72 bits per heavy atom. The monoisotopic (exact) mass is 245 g/mol. The second-order valence-electron chi connectivity index (χ2n) is 4.34. The molecule has 1 unspecified atom stereocenters. The second kappa shape index (κ2) is 4.25. The van der Waals surface area contributed by atoms with Crippen molar-refractivity contribution in [1.29, 1.82) is 0 Å². The number of benzene rings is 1. The normalized spacial score (nSPS) is 22.4. The van der Waals surface area contributed by atoms with Crippen LogP contribution in [0, 0.1) is 0 Å². The summed E-state index contributed by atoms with van der Waals surface area (Å²) in [6.45, 7) is 4.69. The zero-order chi connectivity index (χ0) is 13.3. The van der Waals surface area contributed by atoms with Gasteiger partial charge in [-0.15, -0.1) is 0 Å². The van der Waals surface area contributed by atoms with Crippen molar-refractivity contribution in [1.82, 2.24) is 9.91 Å². The minimum atomic E-state index is -0.890. The highest BCUT2D eigenvalue weighted by Crippen LogP contribution is 2.35. The molecule has 0 saturated heterocycles. The third-order valence-corrected chi connectivity index (χ3v) is 3.12. The summed E-state index contributed by atoms with van der Waals surface area (Å²) in [5, 5.41) is 5.35. The first-order chi connectivity index (χ1) is 8.48. The largest absolute Gasteiger partial charge is 0.275 e. The minimum Gasteiger partial charge on any atom is -0.275 e.